The van der Waals surface area contributed by atoms with Gasteiger partial charge in [0.15, 0.2) is 0 Å². The van der Waals surface area contributed by atoms with E-state index >= 15 is 0 Å². The number of methoxy groups -OCH3 is 1. The second kappa shape index (κ2) is 8.33. The topological polar surface area (TPSA) is 79.5 Å². The molecule has 6 nitrogen and oxygen atoms in total. The maximum atomic E-state index is 12.4. The zero-order valence-corrected chi connectivity index (χ0v) is 14.4. The lowest BCUT2D eigenvalue weighted by atomic mass is 10.0. The molecule has 1 aromatic rings. The summed E-state index contributed by atoms with van der Waals surface area (Å²) in [7, 11) is 1.35. The standard InChI is InChI=1S/C16H23N3O3S/c1-10-8-14(19-18-10)16(21)17-13(9-15(20)22-2)11-4-6-12(23-3)7-5-11/h4-7,10,13-14,18-19H,8-9H2,1-3H3,(H,17,21). The lowest BCUT2D eigenvalue weighted by Gasteiger charge is -2.20. The zero-order chi connectivity index (χ0) is 16.8. The molecule has 2 rings (SSSR count). The van der Waals surface area contributed by atoms with E-state index in [1.165, 1.54) is 7.11 Å². The molecule has 1 fully saturated rings. The summed E-state index contributed by atoms with van der Waals surface area (Å²) in [5.41, 5.74) is 6.88. The Morgan fingerprint density at radius 2 is 2.04 bits per heavy atom. The molecule has 7 heteroatoms. The van der Waals surface area contributed by atoms with Gasteiger partial charge in [0, 0.05) is 10.9 Å². The molecular weight excluding hydrogens is 314 g/mol. The van der Waals surface area contributed by atoms with E-state index in [4.69, 9.17) is 4.74 Å². The van der Waals surface area contributed by atoms with E-state index in [0.717, 1.165) is 10.5 Å². The Balaban J connectivity index is 2.09. The third-order valence-corrected chi connectivity index (χ3v) is 4.59. The van der Waals surface area contributed by atoms with Gasteiger partial charge in [0.1, 0.15) is 6.04 Å². The predicted molar refractivity (Wildman–Crippen MR) is 89.9 cm³/mol. The van der Waals surface area contributed by atoms with Gasteiger partial charge in [-0.15, -0.1) is 11.8 Å². The van der Waals surface area contributed by atoms with Gasteiger partial charge in [-0.05, 0) is 37.3 Å². The smallest absolute Gasteiger partial charge is 0.307 e. The van der Waals surface area contributed by atoms with Gasteiger partial charge in [0.25, 0.3) is 0 Å². The molecule has 1 amide bonds. The van der Waals surface area contributed by atoms with Crippen LogP contribution in [0, 0.1) is 0 Å². The van der Waals surface area contributed by atoms with Crippen LogP contribution >= 0.6 is 11.8 Å². The summed E-state index contributed by atoms with van der Waals surface area (Å²) in [4.78, 5) is 25.2. The fourth-order valence-electron chi connectivity index (χ4n) is 2.50. The molecular formula is C16H23N3O3S. The van der Waals surface area contributed by atoms with Gasteiger partial charge in [0.05, 0.1) is 19.6 Å². The highest BCUT2D eigenvalue weighted by molar-refractivity contribution is 7.98. The quantitative estimate of drug-likeness (QED) is 0.538. The van der Waals surface area contributed by atoms with Crippen molar-refractivity contribution in [1.82, 2.24) is 16.2 Å². The third-order valence-electron chi connectivity index (χ3n) is 3.84. The minimum absolute atomic E-state index is 0.108. The average Bonchev–Trinajstić information content (AvgIpc) is 3.00. The molecule has 1 aromatic carbocycles. The fourth-order valence-corrected chi connectivity index (χ4v) is 2.91. The van der Waals surface area contributed by atoms with Gasteiger partial charge in [-0.3, -0.25) is 15.0 Å². The van der Waals surface area contributed by atoms with E-state index < -0.39 is 6.04 Å². The first-order chi connectivity index (χ1) is 11.0. The van der Waals surface area contributed by atoms with Crippen LogP contribution in [-0.2, 0) is 14.3 Å². The highest BCUT2D eigenvalue weighted by atomic mass is 32.2. The van der Waals surface area contributed by atoms with Gasteiger partial charge in [0.2, 0.25) is 5.91 Å². The van der Waals surface area contributed by atoms with Crippen molar-refractivity contribution < 1.29 is 14.3 Å². The molecule has 3 atom stereocenters. The van der Waals surface area contributed by atoms with E-state index in [-0.39, 0.29) is 30.4 Å². The molecule has 126 valence electrons. The first kappa shape index (κ1) is 17.8. The van der Waals surface area contributed by atoms with E-state index in [9.17, 15) is 9.59 Å². The second-order valence-corrected chi connectivity index (χ2v) is 6.47. The molecule has 0 saturated carbocycles. The normalized spacial score (nSPS) is 21.7. The molecule has 0 aromatic heterocycles. The minimum atomic E-state index is -0.399. The van der Waals surface area contributed by atoms with Crippen molar-refractivity contribution in [1.29, 1.82) is 0 Å². The van der Waals surface area contributed by atoms with Crippen LogP contribution in [0.1, 0.15) is 31.4 Å². The zero-order valence-electron chi connectivity index (χ0n) is 13.6. The Kier molecular flexibility index (Phi) is 6.44. The van der Waals surface area contributed by atoms with Gasteiger partial charge in [-0.2, -0.15) is 0 Å². The van der Waals surface area contributed by atoms with Crippen molar-refractivity contribution in [2.24, 2.45) is 0 Å². The van der Waals surface area contributed by atoms with Gasteiger partial charge < -0.3 is 10.1 Å². The fraction of sp³-hybridized carbons (Fsp3) is 0.500. The largest absolute Gasteiger partial charge is 0.469 e. The number of thioether (sulfide) groups is 1. The van der Waals surface area contributed by atoms with Crippen molar-refractivity contribution in [3.63, 3.8) is 0 Å². The van der Waals surface area contributed by atoms with Crippen molar-refractivity contribution in [3.8, 4) is 0 Å². The highest BCUT2D eigenvalue weighted by Gasteiger charge is 2.29. The molecule has 23 heavy (non-hydrogen) atoms. The summed E-state index contributed by atoms with van der Waals surface area (Å²) < 4.78 is 4.75. The number of hydrogen-bond acceptors (Lipinski definition) is 6. The van der Waals surface area contributed by atoms with Crippen molar-refractivity contribution in [3.05, 3.63) is 29.8 Å². The predicted octanol–water partition coefficient (Wildman–Crippen LogP) is 1.38. The number of amides is 1. The Labute approximate surface area is 140 Å². The Morgan fingerprint density at radius 1 is 1.35 bits per heavy atom. The van der Waals surface area contributed by atoms with Crippen LogP contribution in [0.2, 0.25) is 0 Å². The van der Waals surface area contributed by atoms with Crippen LogP contribution in [0.15, 0.2) is 29.2 Å². The number of hydrogen-bond donors (Lipinski definition) is 3. The third kappa shape index (κ3) is 4.95. The number of carbonyl (C=O) groups excluding carboxylic acids is 2. The number of ether oxygens (including phenoxy) is 1. The molecule has 0 bridgehead atoms. The Bertz CT molecular complexity index is 550. The van der Waals surface area contributed by atoms with Gasteiger partial charge in [-0.25, -0.2) is 5.43 Å². The second-order valence-electron chi connectivity index (χ2n) is 5.59. The van der Waals surface area contributed by atoms with Crippen LogP contribution in [0.4, 0.5) is 0 Å². The summed E-state index contributed by atoms with van der Waals surface area (Å²) in [6.45, 7) is 2.01. The number of nitrogens with one attached hydrogen (secondary N) is 3. The monoisotopic (exact) mass is 337 g/mol. The average molecular weight is 337 g/mol. The number of benzene rings is 1. The molecule has 0 radical (unpaired) electrons. The van der Waals surface area contributed by atoms with E-state index in [0.29, 0.717) is 6.42 Å². The molecule has 1 aliphatic heterocycles. The molecule has 0 spiro atoms. The summed E-state index contributed by atoms with van der Waals surface area (Å²) in [6, 6.07) is 7.37. The van der Waals surface area contributed by atoms with Gasteiger partial charge >= 0.3 is 5.97 Å². The Morgan fingerprint density at radius 3 is 2.57 bits per heavy atom. The number of hydrazine groups is 1. The number of esters is 1. The molecule has 3 N–H and O–H groups in total. The molecule has 1 heterocycles. The van der Waals surface area contributed by atoms with Crippen LogP contribution < -0.4 is 16.2 Å². The first-order valence-electron chi connectivity index (χ1n) is 7.55. The number of rotatable bonds is 6. The number of carbonyl (C=O) groups is 2. The van der Waals surface area contributed by atoms with Crippen molar-refractivity contribution >= 4 is 23.6 Å². The highest BCUT2D eigenvalue weighted by Crippen LogP contribution is 2.22. The van der Waals surface area contributed by atoms with Crippen molar-refractivity contribution in [2.45, 2.75) is 42.8 Å². The summed E-state index contributed by atoms with van der Waals surface area (Å²) in [6.07, 6.45) is 2.82. The SMILES string of the molecule is COC(=O)CC(NC(=O)C1CC(C)NN1)c1ccc(SC)cc1. The first-order valence-corrected chi connectivity index (χ1v) is 8.78. The van der Waals surface area contributed by atoms with Crippen LogP contribution in [0.5, 0.6) is 0 Å². The van der Waals surface area contributed by atoms with E-state index in [1.54, 1.807) is 11.8 Å². The van der Waals surface area contributed by atoms with E-state index in [1.807, 2.05) is 37.4 Å². The van der Waals surface area contributed by atoms with E-state index in [2.05, 4.69) is 16.2 Å². The van der Waals surface area contributed by atoms with Crippen LogP contribution in [0.3, 0.4) is 0 Å². The molecule has 3 unspecified atom stereocenters. The molecule has 1 saturated heterocycles. The van der Waals surface area contributed by atoms with Gasteiger partial charge in [-0.1, -0.05) is 12.1 Å². The van der Waals surface area contributed by atoms with Crippen LogP contribution in [-0.4, -0.2) is 37.3 Å². The Hall–Kier alpha value is -1.57. The maximum Gasteiger partial charge on any atom is 0.307 e. The summed E-state index contributed by atoms with van der Waals surface area (Å²) in [5.74, 6) is -0.472. The van der Waals surface area contributed by atoms with Crippen LogP contribution in [0.25, 0.3) is 0 Å². The molecule has 1 aliphatic rings. The lowest BCUT2D eigenvalue weighted by Crippen LogP contribution is -2.44. The minimum Gasteiger partial charge on any atom is -0.469 e. The van der Waals surface area contributed by atoms with Crippen molar-refractivity contribution in [2.75, 3.05) is 13.4 Å². The molecule has 0 aliphatic carbocycles. The maximum absolute atomic E-state index is 12.4. The summed E-state index contributed by atoms with van der Waals surface area (Å²) >= 11 is 1.64. The lowest BCUT2D eigenvalue weighted by molar-refractivity contribution is -0.141. The summed E-state index contributed by atoms with van der Waals surface area (Å²) in [5, 5.41) is 2.95.